The summed E-state index contributed by atoms with van der Waals surface area (Å²) in [6, 6.07) is 6.27. The van der Waals surface area contributed by atoms with Crippen LogP contribution in [0.3, 0.4) is 0 Å². The van der Waals surface area contributed by atoms with E-state index in [1.165, 1.54) is 0 Å². The maximum Gasteiger partial charge on any atom is 0.326 e. The van der Waals surface area contributed by atoms with Crippen molar-refractivity contribution in [2.75, 3.05) is 13.7 Å². The SMILES string of the molecule is COc1ccc(OCCC(=O)NC(C(=O)O)C2CC2)cc1. The molecule has 1 saturated carbocycles. The molecule has 6 heteroatoms. The number of aliphatic carboxylic acids is 1. The van der Waals surface area contributed by atoms with Crippen LogP contribution in [-0.2, 0) is 9.59 Å². The summed E-state index contributed by atoms with van der Waals surface area (Å²) in [7, 11) is 1.58. The highest BCUT2D eigenvalue weighted by atomic mass is 16.5. The summed E-state index contributed by atoms with van der Waals surface area (Å²) in [4.78, 5) is 22.7. The molecule has 1 aliphatic carbocycles. The molecule has 2 N–H and O–H groups in total. The minimum atomic E-state index is -0.970. The lowest BCUT2D eigenvalue weighted by molar-refractivity contribution is -0.142. The predicted octanol–water partition coefficient (Wildman–Crippen LogP) is 1.44. The molecule has 0 radical (unpaired) electrons. The van der Waals surface area contributed by atoms with Crippen molar-refractivity contribution in [3.8, 4) is 11.5 Å². The first kappa shape index (κ1) is 15.2. The Bertz CT molecular complexity index is 495. The minimum absolute atomic E-state index is 0.0777. The summed E-state index contributed by atoms with van der Waals surface area (Å²) >= 11 is 0. The number of nitrogens with one attached hydrogen (secondary N) is 1. The molecule has 0 heterocycles. The van der Waals surface area contributed by atoms with E-state index in [-0.39, 0.29) is 24.9 Å². The predicted molar refractivity (Wildman–Crippen MR) is 75.4 cm³/mol. The number of hydrogen-bond donors (Lipinski definition) is 2. The molecule has 1 atom stereocenters. The number of carboxylic acids is 1. The Hall–Kier alpha value is -2.24. The van der Waals surface area contributed by atoms with Crippen molar-refractivity contribution in [3.05, 3.63) is 24.3 Å². The molecule has 0 aromatic heterocycles. The van der Waals surface area contributed by atoms with E-state index in [1.807, 2.05) is 0 Å². The number of carbonyl (C=O) groups is 2. The molecule has 0 spiro atoms. The summed E-state index contributed by atoms with van der Waals surface area (Å²) in [5.41, 5.74) is 0. The highest BCUT2D eigenvalue weighted by Gasteiger charge is 2.37. The van der Waals surface area contributed by atoms with Crippen LogP contribution in [-0.4, -0.2) is 36.7 Å². The molecule has 21 heavy (non-hydrogen) atoms. The van der Waals surface area contributed by atoms with Gasteiger partial charge in [0.15, 0.2) is 0 Å². The van der Waals surface area contributed by atoms with Gasteiger partial charge >= 0.3 is 5.97 Å². The number of hydrogen-bond acceptors (Lipinski definition) is 4. The molecular weight excluding hydrogens is 274 g/mol. The quantitative estimate of drug-likeness (QED) is 0.757. The number of methoxy groups -OCH3 is 1. The van der Waals surface area contributed by atoms with E-state index < -0.39 is 12.0 Å². The second-order valence-electron chi connectivity index (χ2n) is 4.99. The first-order chi connectivity index (χ1) is 10.1. The van der Waals surface area contributed by atoms with Crippen molar-refractivity contribution in [1.29, 1.82) is 0 Å². The summed E-state index contributed by atoms with van der Waals surface area (Å²) in [5, 5.41) is 11.6. The van der Waals surface area contributed by atoms with Crippen LogP contribution in [0.15, 0.2) is 24.3 Å². The zero-order valence-electron chi connectivity index (χ0n) is 11.9. The summed E-state index contributed by atoms with van der Waals surface area (Å²) < 4.78 is 10.5. The summed E-state index contributed by atoms with van der Waals surface area (Å²) in [6.45, 7) is 0.204. The van der Waals surface area contributed by atoms with Gasteiger partial charge in [-0.15, -0.1) is 0 Å². The lowest BCUT2D eigenvalue weighted by Crippen LogP contribution is -2.42. The molecule has 6 nitrogen and oxygen atoms in total. The minimum Gasteiger partial charge on any atom is -0.497 e. The zero-order valence-corrected chi connectivity index (χ0v) is 11.9. The summed E-state index contributed by atoms with van der Waals surface area (Å²) in [6.07, 6.45) is 1.85. The largest absolute Gasteiger partial charge is 0.497 e. The fourth-order valence-electron chi connectivity index (χ4n) is 1.99. The van der Waals surface area contributed by atoms with Gasteiger partial charge in [-0.05, 0) is 43.0 Å². The highest BCUT2D eigenvalue weighted by molar-refractivity contribution is 5.84. The Labute approximate surface area is 123 Å². The first-order valence-corrected chi connectivity index (χ1v) is 6.89. The van der Waals surface area contributed by atoms with Crippen molar-refractivity contribution in [3.63, 3.8) is 0 Å². The Kier molecular flexibility index (Phi) is 5.03. The average Bonchev–Trinajstić information content (AvgIpc) is 3.30. The molecule has 1 fully saturated rings. The molecule has 1 amide bonds. The maximum atomic E-state index is 11.7. The number of carbonyl (C=O) groups excluding carboxylic acids is 1. The van der Waals surface area contributed by atoms with Gasteiger partial charge in [-0.3, -0.25) is 4.79 Å². The first-order valence-electron chi connectivity index (χ1n) is 6.89. The van der Waals surface area contributed by atoms with Crippen molar-refractivity contribution < 1.29 is 24.2 Å². The molecule has 0 saturated heterocycles. The van der Waals surface area contributed by atoms with Crippen LogP contribution in [0.1, 0.15) is 19.3 Å². The van der Waals surface area contributed by atoms with E-state index in [0.29, 0.717) is 5.75 Å². The monoisotopic (exact) mass is 293 g/mol. The van der Waals surface area contributed by atoms with Crippen molar-refractivity contribution >= 4 is 11.9 Å². The summed E-state index contributed by atoms with van der Waals surface area (Å²) in [5.74, 6) is 0.174. The van der Waals surface area contributed by atoms with Gasteiger partial charge in [-0.2, -0.15) is 0 Å². The third-order valence-corrected chi connectivity index (χ3v) is 3.33. The van der Waals surface area contributed by atoms with E-state index in [4.69, 9.17) is 14.6 Å². The van der Waals surface area contributed by atoms with Crippen LogP contribution in [0.5, 0.6) is 11.5 Å². The molecule has 1 aliphatic rings. The van der Waals surface area contributed by atoms with Gasteiger partial charge in [0, 0.05) is 0 Å². The molecule has 0 aliphatic heterocycles. The van der Waals surface area contributed by atoms with Crippen LogP contribution in [0, 0.1) is 5.92 Å². The van der Waals surface area contributed by atoms with Gasteiger partial charge in [-0.1, -0.05) is 0 Å². The Morgan fingerprint density at radius 2 is 1.90 bits per heavy atom. The molecule has 2 rings (SSSR count). The Morgan fingerprint density at radius 3 is 2.43 bits per heavy atom. The van der Waals surface area contributed by atoms with Crippen molar-refractivity contribution in [2.24, 2.45) is 5.92 Å². The van der Waals surface area contributed by atoms with Crippen molar-refractivity contribution in [2.45, 2.75) is 25.3 Å². The Balaban J connectivity index is 1.71. The van der Waals surface area contributed by atoms with E-state index in [2.05, 4.69) is 5.32 Å². The molecule has 114 valence electrons. The number of rotatable bonds is 8. The molecule has 1 aromatic carbocycles. The molecular formula is C15H19NO5. The van der Waals surface area contributed by atoms with Crippen LogP contribution in [0.2, 0.25) is 0 Å². The number of amides is 1. The molecule has 1 unspecified atom stereocenters. The maximum absolute atomic E-state index is 11.7. The van der Waals surface area contributed by atoms with Gasteiger partial charge in [-0.25, -0.2) is 4.79 Å². The second-order valence-corrected chi connectivity index (χ2v) is 4.99. The van der Waals surface area contributed by atoms with Gasteiger partial charge in [0.2, 0.25) is 5.91 Å². The average molecular weight is 293 g/mol. The third kappa shape index (κ3) is 4.66. The van der Waals surface area contributed by atoms with E-state index in [0.717, 1.165) is 18.6 Å². The normalized spacial score (nSPS) is 15.1. The van der Waals surface area contributed by atoms with Crippen molar-refractivity contribution in [1.82, 2.24) is 5.32 Å². The fourth-order valence-corrected chi connectivity index (χ4v) is 1.99. The zero-order chi connectivity index (χ0) is 15.2. The van der Waals surface area contributed by atoms with Crippen LogP contribution in [0.25, 0.3) is 0 Å². The number of ether oxygens (including phenoxy) is 2. The number of benzene rings is 1. The fraction of sp³-hybridized carbons (Fsp3) is 0.467. The number of carboxylic acid groups (broad SMARTS) is 1. The van der Waals surface area contributed by atoms with E-state index in [9.17, 15) is 9.59 Å². The van der Waals surface area contributed by atoms with E-state index >= 15 is 0 Å². The smallest absolute Gasteiger partial charge is 0.326 e. The van der Waals surface area contributed by atoms with Crippen LogP contribution < -0.4 is 14.8 Å². The molecule has 0 bridgehead atoms. The second kappa shape index (κ2) is 6.97. The van der Waals surface area contributed by atoms with Gasteiger partial charge in [0.05, 0.1) is 20.1 Å². The van der Waals surface area contributed by atoms with E-state index in [1.54, 1.807) is 31.4 Å². The third-order valence-electron chi connectivity index (χ3n) is 3.33. The van der Waals surface area contributed by atoms with Crippen LogP contribution in [0.4, 0.5) is 0 Å². The highest BCUT2D eigenvalue weighted by Crippen LogP contribution is 2.32. The molecule has 1 aromatic rings. The lowest BCUT2D eigenvalue weighted by Gasteiger charge is -2.13. The topological polar surface area (TPSA) is 84.9 Å². The Morgan fingerprint density at radius 1 is 1.29 bits per heavy atom. The van der Waals surface area contributed by atoms with Gasteiger partial charge < -0.3 is 19.9 Å². The standard InChI is InChI=1S/C15H19NO5/c1-20-11-4-6-12(7-5-11)21-9-8-13(17)16-14(15(18)19)10-2-3-10/h4-7,10,14H,2-3,8-9H2,1H3,(H,16,17)(H,18,19). The van der Waals surface area contributed by atoms with Crippen LogP contribution >= 0.6 is 0 Å². The lowest BCUT2D eigenvalue weighted by atomic mass is 10.2. The van der Waals surface area contributed by atoms with Gasteiger partial charge in [0.1, 0.15) is 17.5 Å². The van der Waals surface area contributed by atoms with Gasteiger partial charge in [0.25, 0.3) is 0 Å².